The van der Waals surface area contributed by atoms with E-state index in [-0.39, 0.29) is 0 Å². The number of nitrogens with one attached hydrogen (secondary N) is 1. The zero-order valence-corrected chi connectivity index (χ0v) is 12.7. The molecular weight excluding hydrogens is 222 g/mol. The number of hydrogen-bond donors (Lipinski definition) is 1. The highest BCUT2D eigenvalue weighted by atomic mass is 16.5. The first-order chi connectivity index (χ1) is 8.50. The standard InChI is InChI=1S/C16H31NO/c1-12(2)11-18-15-10-14(16(15,3)4)17-9-8-13-6-5-7-13/h12-15,17H,5-11H2,1-4H3. The Labute approximate surface area is 113 Å². The molecule has 2 rings (SSSR count). The minimum atomic E-state index is 0.314. The third kappa shape index (κ3) is 3.27. The summed E-state index contributed by atoms with van der Waals surface area (Å²) < 4.78 is 6.00. The molecule has 106 valence electrons. The van der Waals surface area contributed by atoms with Gasteiger partial charge in [0.05, 0.1) is 6.10 Å². The third-order valence-electron chi connectivity index (χ3n) is 4.98. The lowest BCUT2D eigenvalue weighted by Gasteiger charge is -2.52. The van der Waals surface area contributed by atoms with Gasteiger partial charge in [-0.25, -0.2) is 0 Å². The molecule has 2 saturated carbocycles. The largest absolute Gasteiger partial charge is 0.377 e. The van der Waals surface area contributed by atoms with Crippen LogP contribution in [0.3, 0.4) is 0 Å². The molecule has 0 aliphatic heterocycles. The van der Waals surface area contributed by atoms with E-state index in [9.17, 15) is 0 Å². The van der Waals surface area contributed by atoms with Gasteiger partial charge in [0.15, 0.2) is 0 Å². The van der Waals surface area contributed by atoms with E-state index in [0.29, 0.717) is 23.5 Å². The summed E-state index contributed by atoms with van der Waals surface area (Å²) in [6.45, 7) is 11.3. The summed E-state index contributed by atoms with van der Waals surface area (Å²) in [6, 6.07) is 0.662. The lowest BCUT2D eigenvalue weighted by molar-refractivity contribution is -0.123. The van der Waals surface area contributed by atoms with Crippen LogP contribution < -0.4 is 5.32 Å². The van der Waals surface area contributed by atoms with E-state index in [2.05, 4.69) is 33.0 Å². The molecule has 0 aromatic rings. The Morgan fingerprint density at radius 3 is 2.50 bits per heavy atom. The van der Waals surface area contributed by atoms with E-state index in [1.807, 2.05) is 0 Å². The summed E-state index contributed by atoms with van der Waals surface area (Å²) >= 11 is 0. The molecule has 0 bridgehead atoms. The summed E-state index contributed by atoms with van der Waals surface area (Å²) in [5.41, 5.74) is 0.314. The van der Waals surface area contributed by atoms with Gasteiger partial charge in [0.1, 0.15) is 0 Å². The van der Waals surface area contributed by atoms with Crippen LogP contribution in [-0.2, 0) is 4.74 Å². The van der Waals surface area contributed by atoms with Crippen LogP contribution in [0, 0.1) is 17.3 Å². The summed E-state index contributed by atoms with van der Waals surface area (Å²) in [5.74, 6) is 1.67. The fraction of sp³-hybridized carbons (Fsp3) is 1.00. The Morgan fingerprint density at radius 2 is 2.00 bits per heavy atom. The van der Waals surface area contributed by atoms with Gasteiger partial charge in [-0.05, 0) is 31.2 Å². The highest BCUT2D eigenvalue weighted by Gasteiger charge is 2.48. The maximum atomic E-state index is 6.00. The molecule has 0 heterocycles. The Kier molecular flexibility index (Phi) is 4.71. The molecular formula is C16H31NO. The molecule has 2 atom stereocenters. The molecule has 0 saturated heterocycles. The monoisotopic (exact) mass is 253 g/mol. The van der Waals surface area contributed by atoms with Crippen LogP contribution in [0.4, 0.5) is 0 Å². The Balaban J connectivity index is 1.62. The van der Waals surface area contributed by atoms with E-state index in [0.717, 1.165) is 12.5 Å². The van der Waals surface area contributed by atoms with E-state index in [1.165, 1.54) is 38.6 Å². The Bertz CT molecular complexity index is 258. The summed E-state index contributed by atoms with van der Waals surface area (Å²) in [7, 11) is 0. The van der Waals surface area contributed by atoms with Crippen molar-refractivity contribution in [2.45, 2.75) is 71.9 Å². The van der Waals surface area contributed by atoms with Gasteiger partial charge in [-0.3, -0.25) is 0 Å². The molecule has 2 fully saturated rings. The van der Waals surface area contributed by atoms with Crippen molar-refractivity contribution in [1.82, 2.24) is 5.32 Å². The highest BCUT2D eigenvalue weighted by Crippen LogP contribution is 2.43. The first-order valence-electron chi connectivity index (χ1n) is 7.85. The smallest absolute Gasteiger partial charge is 0.0656 e. The van der Waals surface area contributed by atoms with Crippen molar-refractivity contribution in [3.05, 3.63) is 0 Å². The number of hydrogen-bond acceptors (Lipinski definition) is 2. The molecule has 2 aliphatic rings. The lowest BCUT2D eigenvalue weighted by Crippen LogP contribution is -2.61. The third-order valence-corrected chi connectivity index (χ3v) is 4.98. The fourth-order valence-electron chi connectivity index (χ4n) is 3.07. The van der Waals surface area contributed by atoms with Crippen molar-refractivity contribution in [1.29, 1.82) is 0 Å². The molecule has 0 amide bonds. The molecule has 2 aliphatic carbocycles. The van der Waals surface area contributed by atoms with E-state index >= 15 is 0 Å². The van der Waals surface area contributed by atoms with Gasteiger partial charge >= 0.3 is 0 Å². The quantitative estimate of drug-likeness (QED) is 0.748. The van der Waals surface area contributed by atoms with Crippen LogP contribution >= 0.6 is 0 Å². The topological polar surface area (TPSA) is 21.3 Å². The molecule has 2 unspecified atom stereocenters. The highest BCUT2D eigenvalue weighted by molar-refractivity contribution is 5.02. The first-order valence-corrected chi connectivity index (χ1v) is 7.85. The van der Waals surface area contributed by atoms with Crippen LogP contribution in [0.15, 0.2) is 0 Å². The van der Waals surface area contributed by atoms with Crippen molar-refractivity contribution >= 4 is 0 Å². The van der Waals surface area contributed by atoms with Gasteiger partial charge in [0.2, 0.25) is 0 Å². The Hall–Kier alpha value is -0.0800. The minimum absolute atomic E-state index is 0.314. The zero-order valence-electron chi connectivity index (χ0n) is 12.7. The van der Waals surface area contributed by atoms with Gasteiger partial charge in [-0.2, -0.15) is 0 Å². The van der Waals surface area contributed by atoms with Gasteiger partial charge in [0.25, 0.3) is 0 Å². The normalized spacial score (nSPS) is 31.2. The van der Waals surface area contributed by atoms with E-state index in [1.54, 1.807) is 0 Å². The second-order valence-corrected chi connectivity index (χ2v) is 7.37. The molecule has 2 heteroatoms. The molecule has 0 aromatic carbocycles. The predicted molar refractivity (Wildman–Crippen MR) is 76.7 cm³/mol. The van der Waals surface area contributed by atoms with Gasteiger partial charge in [-0.1, -0.05) is 47.0 Å². The van der Waals surface area contributed by atoms with Gasteiger partial charge < -0.3 is 10.1 Å². The van der Waals surface area contributed by atoms with Crippen LogP contribution in [0.5, 0.6) is 0 Å². The second-order valence-electron chi connectivity index (χ2n) is 7.37. The predicted octanol–water partition coefficient (Wildman–Crippen LogP) is 3.61. The second kappa shape index (κ2) is 5.92. The molecule has 0 radical (unpaired) electrons. The van der Waals surface area contributed by atoms with Gasteiger partial charge in [-0.15, -0.1) is 0 Å². The number of ether oxygens (including phenoxy) is 1. The summed E-state index contributed by atoms with van der Waals surface area (Å²) in [6.07, 6.45) is 7.44. The zero-order chi connectivity index (χ0) is 13.2. The SMILES string of the molecule is CC(C)COC1CC(NCCC2CCC2)C1(C)C. The maximum absolute atomic E-state index is 6.00. The molecule has 0 aromatic heterocycles. The molecule has 2 nitrogen and oxygen atoms in total. The minimum Gasteiger partial charge on any atom is -0.377 e. The van der Waals surface area contributed by atoms with Crippen LogP contribution in [0.2, 0.25) is 0 Å². The van der Waals surface area contributed by atoms with Crippen LogP contribution in [0.1, 0.15) is 59.8 Å². The molecule has 0 spiro atoms. The van der Waals surface area contributed by atoms with Crippen LogP contribution in [0.25, 0.3) is 0 Å². The summed E-state index contributed by atoms with van der Waals surface area (Å²) in [4.78, 5) is 0. The van der Waals surface area contributed by atoms with Gasteiger partial charge in [0, 0.05) is 18.1 Å². The average molecular weight is 253 g/mol. The van der Waals surface area contributed by atoms with E-state index in [4.69, 9.17) is 4.74 Å². The van der Waals surface area contributed by atoms with Crippen molar-refractivity contribution in [2.24, 2.45) is 17.3 Å². The van der Waals surface area contributed by atoms with E-state index < -0.39 is 0 Å². The fourth-order valence-corrected chi connectivity index (χ4v) is 3.07. The average Bonchev–Trinajstić information content (AvgIpc) is 2.23. The molecule has 18 heavy (non-hydrogen) atoms. The van der Waals surface area contributed by atoms with Crippen LogP contribution in [-0.4, -0.2) is 25.3 Å². The lowest BCUT2D eigenvalue weighted by atomic mass is 9.64. The maximum Gasteiger partial charge on any atom is 0.0656 e. The van der Waals surface area contributed by atoms with Crippen molar-refractivity contribution < 1.29 is 4.74 Å². The first kappa shape index (κ1) is 14.3. The summed E-state index contributed by atoms with van der Waals surface area (Å²) in [5, 5.41) is 3.75. The van der Waals surface area contributed by atoms with Crippen molar-refractivity contribution in [3.63, 3.8) is 0 Å². The van der Waals surface area contributed by atoms with Crippen molar-refractivity contribution in [3.8, 4) is 0 Å². The molecule has 1 N–H and O–H groups in total. The Morgan fingerprint density at radius 1 is 1.28 bits per heavy atom. The van der Waals surface area contributed by atoms with Crippen molar-refractivity contribution in [2.75, 3.05) is 13.2 Å². The number of rotatable bonds is 7.